The van der Waals surface area contributed by atoms with Gasteiger partial charge >= 0.3 is 0 Å². The van der Waals surface area contributed by atoms with Gasteiger partial charge in [0, 0.05) is 43.4 Å². The lowest BCUT2D eigenvalue weighted by Crippen LogP contribution is -2.33. The molecule has 1 aliphatic carbocycles. The van der Waals surface area contributed by atoms with Crippen LogP contribution in [0.5, 0.6) is 0 Å². The predicted octanol–water partition coefficient (Wildman–Crippen LogP) is 6.12. The third-order valence-corrected chi connectivity index (χ3v) is 6.75. The zero-order chi connectivity index (χ0) is 23.5. The van der Waals surface area contributed by atoms with Crippen molar-refractivity contribution in [3.63, 3.8) is 0 Å². The molecule has 0 bridgehead atoms. The smallest absolute Gasteiger partial charge is 0.292 e. The number of nitro benzene ring substituents is 1. The number of rotatable bonds is 3. The number of hydrogen-bond acceptors (Lipinski definition) is 5. The minimum atomic E-state index is -0.424. The summed E-state index contributed by atoms with van der Waals surface area (Å²) in [6, 6.07) is 17.2. The van der Waals surface area contributed by atoms with Crippen molar-refractivity contribution in [2.24, 2.45) is 5.41 Å². The molecule has 0 fully saturated rings. The van der Waals surface area contributed by atoms with Gasteiger partial charge in [0.25, 0.3) is 5.69 Å². The van der Waals surface area contributed by atoms with Gasteiger partial charge in [0.15, 0.2) is 5.78 Å². The van der Waals surface area contributed by atoms with Crippen molar-refractivity contribution in [1.82, 2.24) is 0 Å². The van der Waals surface area contributed by atoms with E-state index in [0.717, 1.165) is 45.2 Å². The van der Waals surface area contributed by atoms with Gasteiger partial charge in [-0.15, -0.1) is 0 Å². The fourth-order valence-electron chi connectivity index (χ4n) is 5.33. The molecule has 0 spiro atoms. The molecule has 0 saturated carbocycles. The van der Waals surface area contributed by atoms with Gasteiger partial charge in [-0.1, -0.05) is 50.2 Å². The van der Waals surface area contributed by atoms with Crippen LogP contribution in [0.15, 0.2) is 60.2 Å². The standard InChI is InChI=1S/C27H27N3O3/c1-27(2)14-19-24-18-8-6-5-7-16(18)9-11-20(24)28-26(25(19)23(31)15-27)17-10-12-21(29(3)4)22(13-17)30(32)33/h5-13,26,28H,14-15H2,1-4H3/t26-/m1/s1. The number of fused-ring (bicyclic) bond motifs is 4. The van der Waals surface area contributed by atoms with Crippen LogP contribution in [0.3, 0.4) is 0 Å². The number of hydrogen-bond donors (Lipinski definition) is 1. The van der Waals surface area contributed by atoms with Gasteiger partial charge in [0.05, 0.1) is 11.0 Å². The highest BCUT2D eigenvalue weighted by molar-refractivity contribution is 6.12. The highest BCUT2D eigenvalue weighted by atomic mass is 16.6. The Morgan fingerprint density at radius 1 is 1.06 bits per heavy atom. The van der Waals surface area contributed by atoms with Crippen molar-refractivity contribution in [2.45, 2.75) is 32.7 Å². The highest BCUT2D eigenvalue weighted by Crippen LogP contribution is 2.52. The summed E-state index contributed by atoms with van der Waals surface area (Å²) in [5.41, 5.74) is 5.00. The molecule has 33 heavy (non-hydrogen) atoms. The predicted molar refractivity (Wildman–Crippen MR) is 133 cm³/mol. The maximum absolute atomic E-state index is 13.5. The number of benzene rings is 3. The van der Waals surface area contributed by atoms with Crippen LogP contribution in [0.1, 0.15) is 43.9 Å². The number of nitro groups is 1. The minimum Gasteiger partial charge on any atom is -0.373 e. The molecular weight excluding hydrogens is 414 g/mol. The molecular formula is C27H27N3O3. The first-order chi connectivity index (χ1) is 15.7. The van der Waals surface area contributed by atoms with Crippen molar-refractivity contribution in [3.05, 3.63) is 81.4 Å². The summed E-state index contributed by atoms with van der Waals surface area (Å²) in [4.78, 5) is 26.7. The molecule has 1 N–H and O–H groups in total. The Balaban J connectivity index is 1.76. The molecule has 0 amide bonds. The average molecular weight is 442 g/mol. The second kappa shape index (κ2) is 7.44. The number of allylic oxidation sites excluding steroid dienone is 1. The summed E-state index contributed by atoms with van der Waals surface area (Å²) in [5.74, 6) is 0.108. The second-order valence-electron chi connectivity index (χ2n) is 10.0. The lowest BCUT2D eigenvalue weighted by atomic mass is 9.68. The first-order valence-corrected chi connectivity index (χ1v) is 11.2. The van der Waals surface area contributed by atoms with Crippen LogP contribution in [0.25, 0.3) is 16.3 Å². The summed E-state index contributed by atoms with van der Waals surface area (Å²) in [5, 5.41) is 17.6. The number of anilines is 2. The van der Waals surface area contributed by atoms with Gasteiger partial charge in [-0.2, -0.15) is 0 Å². The number of ketones is 1. The molecule has 5 rings (SSSR count). The van der Waals surface area contributed by atoms with Crippen LogP contribution >= 0.6 is 0 Å². The molecule has 1 heterocycles. The summed E-state index contributed by atoms with van der Waals surface area (Å²) in [7, 11) is 3.57. The minimum absolute atomic E-state index is 0.0364. The lowest BCUT2D eigenvalue weighted by molar-refractivity contribution is -0.384. The van der Waals surface area contributed by atoms with E-state index in [1.54, 1.807) is 31.1 Å². The molecule has 0 aromatic heterocycles. The molecule has 1 atom stereocenters. The Labute approximate surface area is 193 Å². The van der Waals surface area contributed by atoms with Crippen LogP contribution in [0, 0.1) is 15.5 Å². The number of nitrogens with one attached hydrogen (secondary N) is 1. The molecule has 0 radical (unpaired) electrons. The topological polar surface area (TPSA) is 75.5 Å². The van der Waals surface area contributed by atoms with E-state index < -0.39 is 6.04 Å². The largest absolute Gasteiger partial charge is 0.373 e. The van der Waals surface area contributed by atoms with Crippen LogP contribution < -0.4 is 10.2 Å². The zero-order valence-corrected chi connectivity index (χ0v) is 19.3. The summed E-state index contributed by atoms with van der Waals surface area (Å²) >= 11 is 0. The lowest BCUT2D eigenvalue weighted by Gasteiger charge is -2.40. The monoisotopic (exact) mass is 441 g/mol. The van der Waals surface area contributed by atoms with Crippen molar-refractivity contribution >= 4 is 39.2 Å². The van der Waals surface area contributed by atoms with E-state index in [0.29, 0.717) is 12.1 Å². The van der Waals surface area contributed by atoms with E-state index in [4.69, 9.17) is 0 Å². The van der Waals surface area contributed by atoms with Crippen LogP contribution in [-0.2, 0) is 4.79 Å². The fourth-order valence-corrected chi connectivity index (χ4v) is 5.33. The first kappa shape index (κ1) is 21.2. The maximum Gasteiger partial charge on any atom is 0.292 e. The Kier molecular flexibility index (Phi) is 4.78. The number of nitrogens with zero attached hydrogens (tertiary/aromatic N) is 2. The van der Waals surface area contributed by atoms with Gasteiger partial charge in [0.2, 0.25) is 0 Å². The molecule has 0 unspecified atom stereocenters. The Hall–Kier alpha value is -3.67. The molecule has 0 saturated heterocycles. The number of carbonyl (C=O) groups is 1. The molecule has 6 heteroatoms. The van der Waals surface area contributed by atoms with Crippen LogP contribution in [0.4, 0.5) is 17.1 Å². The van der Waals surface area contributed by atoms with Crippen LogP contribution in [0.2, 0.25) is 0 Å². The summed E-state index contributed by atoms with van der Waals surface area (Å²) in [6.45, 7) is 4.26. The SMILES string of the molecule is CN(C)c1ccc([C@H]2Nc3ccc4ccccc4c3C3=C2C(=O)CC(C)(C)C3)cc1[N+](=O)[O-]. The highest BCUT2D eigenvalue weighted by Gasteiger charge is 2.41. The molecule has 6 nitrogen and oxygen atoms in total. The van der Waals surface area contributed by atoms with Gasteiger partial charge in [-0.05, 0) is 45.9 Å². The van der Waals surface area contributed by atoms with E-state index in [2.05, 4.69) is 43.4 Å². The van der Waals surface area contributed by atoms with Crippen molar-refractivity contribution in [2.75, 3.05) is 24.3 Å². The van der Waals surface area contributed by atoms with E-state index in [1.807, 2.05) is 18.2 Å². The Morgan fingerprint density at radius 2 is 1.82 bits per heavy atom. The quantitative estimate of drug-likeness (QED) is 0.391. The summed E-state index contributed by atoms with van der Waals surface area (Å²) < 4.78 is 0. The maximum atomic E-state index is 13.5. The normalized spacial score (nSPS) is 19.0. The first-order valence-electron chi connectivity index (χ1n) is 11.2. The van der Waals surface area contributed by atoms with Crippen molar-refractivity contribution < 1.29 is 9.72 Å². The van der Waals surface area contributed by atoms with Gasteiger partial charge in [0.1, 0.15) is 5.69 Å². The average Bonchev–Trinajstić information content (AvgIpc) is 2.76. The molecule has 168 valence electrons. The van der Waals surface area contributed by atoms with Gasteiger partial charge in [-0.25, -0.2) is 0 Å². The Morgan fingerprint density at radius 3 is 2.55 bits per heavy atom. The second-order valence-corrected chi connectivity index (χ2v) is 10.0. The number of Topliss-reactive ketones (excluding diaryl/α,β-unsaturated/α-hetero) is 1. The van der Waals surface area contributed by atoms with Gasteiger partial charge in [-0.3, -0.25) is 14.9 Å². The molecule has 3 aromatic rings. The van der Waals surface area contributed by atoms with Crippen molar-refractivity contribution in [3.8, 4) is 0 Å². The summed E-state index contributed by atoms with van der Waals surface area (Å²) in [6.07, 6.45) is 1.24. The van der Waals surface area contributed by atoms with E-state index in [-0.39, 0.29) is 21.8 Å². The molecule has 3 aromatic carbocycles. The van der Waals surface area contributed by atoms with E-state index in [9.17, 15) is 14.9 Å². The van der Waals surface area contributed by atoms with E-state index in [1.165, 1.54) is 0 Å². The fraction of sp³-hybridized carbons (Fsp3) is 0.296. The van der Waals surface area contributed by atoms with Gasteiger partial charge < -0.3 is 10.2 Å². The third-order valence-electron chi connectivity index (χ3n) is 6.75. The third kappa shape index (κ3) is 3.46. The Bertz CT molecular complexity index is 1350. The van der Waals surface area contributed by atoms with E-state index >= 15 is 0 Å². The van der Waals surface area contributed by atoms with Crippen molar-refractivity contribution in [1.29, 1.82) is 0 Å². The number of carbonyl (C=O) groups excluding carboxylic acids is 1. The zero-order valence-electron chi connectivity index (χ0n) is 19.3. The van der Waals surface area contributed by atoms with Crippen LogP contribution in [-0.4, -0.2) is 24.8 Å². The molecule has 1 aliphatic heterocycles. The molecule has 2 aliphatic rings.